The van der Waals surface area contributed by atoms with E-state index in [0.29, 0.717) is 21.6 Å². The Morgan fingerprint density at radius 3 is 2.42 bits per heavy atom. The Balaban J connectivity index is 1.67. The molecule has 10 heteroatoms. The molecule has 0 saturated heterocycles. The van der Waals surface area contributed by atoms with Crippen LogP contribution in [0.2, 0.25) is 5.02 Å². The van der Waals surface area contributed by atoms with Gasteiger partial charge in [-0.25, -0.2) is 4.98 Å². The molecule has 3 aromatic carbocycles. The van der Waals surface area contributed by atoms with Crippen LogP contribution in [-0.2, 0) is 11.0 Å². The maximum absolute atomic E-state index is 13.2. The van der Waals surface area contributed by atoms with Gasteiger partial charge in [0.2, 0.25) is 5.91 Å². The van der Waals surface area contributed by atoms with Crippen LogP contribution < -0.4 is 10.9 Å². The summed E-state index contributed by atoms with van der Waals surface area (Å²) in [4.78, 5) is 30.2. The highest BCUT2D eigenvalue weighted by atomic mass is 35.5. The minimum absolute atomic E-state index is 0.186. The van der Waals surface area contributed by atoms with Gasteiger partial charge in [-0.05, 0) is 36.4 Å². The fourth-order valence-electron chi connectivity index (χ4n) is 3.21. The second-order valence-corrected chi connectivity index (χ2v) is 8.23. The van der Waals surface area contributed by atoms with Crippen molar-refractivity contribution in [2.24, 2.45) is 0 Å². The zero-order chi connectivity index (χ0) is 23.6. The van der Waals surface area contributed by atoms with Crippen LogP contribution in [0.5, 0.6) is 0 Å². The molecule has 0 fully saturated rings. The van der Waals surface area contributed by atoms with Crippen LogP contribution in [0, 0.1) is 0 Å². The van der Waals surface area contributed by atoms with Gasteiger partial charge < -0.3 is 5.32 Å². The predicted octanol–water partition coefficient (Wildman–Crippen LogP) is 5.79. The van der Waals surface area contributed by atoms with E-state index in [1.54, 1.807) is 48.5 Å². The van der Waals surface area contributed by atoms with Crippen LogP contribution in [0.1, 0.15) is 5.56 Å². The first-order valence-electron chi connectivity index (χ1n) is 9.61. The maximum atomic E-state index is 13.2. The number of hydrogen-bond acceptors (Lipinski definition) is 4. The first-order valence-corrected chi connectivity index (χ1v) is 11.0. The molecule has 0 bridgehead atoms. The van der Waals surface area contributed by atoms with Gasteiger partial charge in [-0.2, -0.15) is 13.2 Å². The molecule has 4 aromatic rings. The zero-order valence-electron chi connectivity index (χ0n) is 16.8. The number of fused-ring (bicyclic) bond motifs is 1. The highest BCUT2D eigenvalue weighted by Crippen LogP contribution is 2.34. The molecule has 0 spiro atoms. The Morgan fingerprint density at radius 1 is 1.00 bits per heavy atom. The third kappa shape index (κ3) is 4.89. The fraction of sp³-hybridized carbons (Fsp3) is 0.0870. The van der Waals surface area contributed by atoms with Crippen LogP contribution in [0.15, 0.2) is 82.7 Å². The van der Waals surface area contributed by atoms with Crippen molar-refractivity contribution in [2.75, 3.05) is 11.1 Å². The predicted molar refractivity (Wildman–Crippen MR) is 123 cm³/mol. The topological polar surface area (TPSA) is 64.0 Å². The Morgan fingerprint density at radius 2 is 1.67 bits per heavy atom. The van der Waals surface area contributed by atoms with Crippen molar-refractivity contribution >= 4 is 45.9 Å². The summed E-state index contributed by atoms with van der Waals surface area (Å²) in [6.45, 7) is 0. The van der Waals surface area contributed by atoms with Crippen LogP contribution in [0.3, 0.4) is 0 Å². The Kier molecular flexibility index (Phi) is 6.44. The molecule has 0 atom stereocenters. The van der Waals surface area contributed by atoms with E-state index < -0.39 is 17.6 Å². The summed E-state index contributed by atoms with van der Waals surface area (Å²) >= 11 is 7.22. The number of para-hydroxylation sites is 3. The molecule has 1 heterocycles. The normalized spacial score (nSPS) is 11.5. The molecule has 0 unspecified atom stereocenters. The average molecular weight is 490 g/mol. The van der Waals surface area contributed by atoms with E-state index in [4.69, 9.17) is 11.6 Å². The number of nitrogens with zero attached hydrogens (tertiary/aromatic N) is 2. The van der Waals surface area contributed by atoms with Gasteiger partial charge in [-0.15, -0.1) is 0 Å². The summed E-state index contributed by atoms with van der Waals surface area (Å²) in [5.74, 6) is -0.952. The summed E-state index contributed by atoms with van der Waals surface area (Å²) < 4.78 is 40.9. The molecule has 0 saturated carbocycles. The largest absolute Gasteiger partial charge is 0.418 e. The lowest BCUT2D eigenvalue weighted by Gasteiger charge is -2.15. The van der Waals surface area contributed by atoms with Gasteiger partial charge >= 0.3 is 6.18 Å². The van der Waals surface area contributed by atoms with E-state index in [2.05, 4.69) is 10.3 Å². The van der Waals surface area contributed by atoms with E-state index >= 15 is 0 Å². The number of anilines is 1. The first-order chi connectivity index (χ1) is 15.8. The number of alkyl halides is 3. The number of nitrogens with one attached hydrogen (secondary N) is 1. The lowest BCUT2D eigenvalue weighted by molar-refractivity contribution is -0.137. The standard InChI is InChI=1S/C23H15ClF3N3O2S/c24-16-9-3-6-12-19(16)30-21(32)14-7-1-4-10-17(14)29-22(30)33-13-20(31)28-18-11-5-2-8-15(18)23(25,26)27/h1-12H,13H2,(H,28,31). The molecule has 1 N–H and O–H groups in total. The summed E-state index contributed by atoms with van der Waals surface area (Å²) in [6.07, 6.45) is -4.61. The zero-order valence-corrected chi connectivity index (χ0v) is 18.3. The molecule has 0 radical (unpaired) electrons. The average Bonchev–Trinajstić information content (AvgIpc) is 2.78. The summed E-state index contributed by atoms with van der Waals surface area (Å²) in [5, 5.41) is 3.15. The van der Waals surface area contributed by atoms with Crippen molar-refractivity contribution in [1.29, 1.82) is 0 Å². The minimum atomic E-state index is -4.61. The van der Waals surface area contributed by atoms with Crippen molar-refractivity contribution in [3.63, 3.8) is 0 Å². The molecule has 0 aliphatic heterocycles. The number of aromatic nitrogens is 2. The van der Waals surface area contributed by atoms with E-state index in [-0.39, 0.29) is 22.2 Å². The third-order valence-electron chi connectivity index (χ3n) is 4.68. The van der Waals surface area contributed by atoms with Gasteiger partial charge in [0.1, 0.15) is 0 Å². The molecule has 0 aliphatic rings. The van der Waals surface area contributed by atoms with Crippen LogP contribution in [-0.4, -0.2) is 21.2 Å². The SMILES string of the molecule is O=C(CSc1nc2ccccc2c(=O)n1-c1ccccc1Cl)Nc1ccccc1C(F)(F)F. The highest BCUT2D eigenvalue weighted by Gasteiger charge is 2.33. The van der Waals surface area contributed by atoms with Crippen molar-refractivity contribution in [2.45, 2.75) is 11.3 Å². The molecule has 168 valence electrons. The van der Waals surface area contributed by atoms with Crippen molar-refractivity contribution in [1.82, 2.24) is 9.55 Å². The van der Waals surface area contributed by atoms with Gasteiger partial charge in [0, 0.05) is 0 Å². The Labute approximate surface area is 195 Å². The van der Waals surface area contributed by atoms with Gasteiger partial charge in [0.15, 0.2) is 5.16 Å². The molecule has 1 aromatic heterocycles. The number of amides is 1. The minimum Gasteiger partial charge on any atom is -0.325 e. The molecular weight excluding hydrogens is 475 g/mol. The second kappa shape index (κ2) is 9.29. The number of carbonyl (C=O) groups excluding carboxylic acids is 1. The smallest absolute Gasteiger partial charge is 0.325 e. The Hall–Kier alpha value is -3.30. The van der Waals surface area contributed by atoms with Crippen molar-refractivity contribution in [3.8, 4) is 5.69 Å². The lowest BCUT2D eigenvalue weighted by Crippen LogP contribution is -2.23. The molecule has 33 heavy (non-hydrogen) atoms. The molecule has 0 aliphatic carbocycles. The highest BCUT2D eigenvalue weighted by molar-refractivity contribution is 7.99. The van der Waals surface area contributed by atoms with Gasteiger partial charge in [0.05, 0.1) is 38.6 Å². The summed E-state index contributed by atoms with van der Waals surface area (Å²) in [5.41, 5.74) is -0.853. The van der Waals surface area contributed by atoms with Gasteiger partial charge in [0.25, 0.3) is 5.56 Å². The summed E-state index contributed by atoms with van der Waals surface area (Å²) in [6, 6.07) is 18.1. The van der Waals surface area contributed by atoms with E-state index in [0.717, 1.165) is 17.8 Å². The fourth-order valence-corrected chi connectivity index (χ4v) is 4.24. The molecule has 1 amide bonds. The number of halogens is 4. The van der Waals surface area contributed by atoms with Crippen LogP contribution >= 0.6 is 23.4 Å². The van der Waals surface area contributed by atoms with E-state index in [1.807, 2.05) is 0 Å². The maximum Gasteiger partial charge on any atom is 0.418 e. The number of rotatable bonds is 5. The van der Waals surface area contributed by atoms with E-state index in [9.17, 15) is 22.8 Å². The summed E-state index contributed by atoms with van der Waals surface area (Å²) in [7, 11) is 0. The van der Waals surface area contributed by atoms with Gasteiger partial charge in [-0.1, -0.05) is 59.8 Å². The monoisotopic (exact) mass is 489 g/mol. The number of carbonyl (C=O) groups is 1. The second-order valence-electron chi connectivity index (χ2n) is 6.88. The van der Waals surface area contributed by atoms with Crippen LogP contribution in [0.4, 0.5) is 18.9 Å². The Bertz CT molecular complexity index is 1410. The molecule has 4 rings (SSSR count). The molecular formula is C23H15ClF3N3O2S. The lowest BCUT2D eigenvalue weighted by atomic mass is 10.1. The first kappa shape index (κ1) is 22.9. The van der Waals surface area contributed by atoms with Crippen molar-refractivity contribution < 1.29 is 18.0 Å². The van der Waals surface area contributed by atoms with Crippen LogP contribution in [0.25, 0.3) is 16.6 Å². The number of benzene rings is 3. The number of thioether (sulfide) groups is 1. The van der Waals surface area contributed by atoms with E-state index in [1.165, 1.54) is 22.8 Å². The number of hydrogen-bond donors (Lipinski definition) is 1. The third-order valence-corrected chi connectivity index (χ3v) is 5.94. The molecule has 5 nitrogen and oxygen atoms in total. The van der Waals surface area contributed by atoms with Crippen molar-refractivity contribution in [3.05, 3.63) is 93.7 Å². The van der Waals surface area contributed by atoms with Gasteiger partial charge in [-0.3, -0.25) is 14.2 Å². The quantitative estimate of drug-likeness (QED) is 0.285.